The topological polar surface area (TPSA) is 52.1 Å². The van der Waals surface area contributed by atoms with Crippen molar-refractivity contribution < 1.29 is 9.53 Å². The Morgan fingerprint density at radius 2 is 2.13 bits per heavy atom. The van der Waals surface area contributed by atoms with Gasteiger partial charge in [0.15, 0.2) is 4.88 Å². The van der Waals surface area contributed by atoms with Crippen molar-refractivity contribution in [2.24, 2.45) is 0 Å². The fourth-order valence-corrected chi connectivity index (χ4v) is 1.67. The second-order valence-corrected chi connectivity index (χ2v) is 5.05. The summed E-state index contributed by atoms with van der Waals surface area (Å²) in [5, 5.41) is 3.92. The molecule has 1 heterocycles. The van der Waals surface area contributed by atoms with E-state index in [9.17, 15) is 4.79 Å². The summed E-state index contributed by atoms with van der Waals surface area (Å²) in [4.78, 5) is 12.3. The Morgan fingerprint density at radius 1 is 1.47 bits per heavy atom. The Morgan fingerprint density at radius 3 is 2.67 bits per heavy atom. The number of rotatable bonds is 3. The Balaban J connectivity index is 2.77. The van der Waals surface area contributed by atoms with Crippen molar-refractivity contribution in [1.29, 1.82) is 0 Å². The molecule has 0 aliphatic heterocycles. The average Bonchev–Trinajstić information content (AvgIpc) is 2.49. The van der Waals surface area contributed by atoms with Gasteiger partial charge in [0.05, 0.1) is 5.69 Å². The molecule has 0 aliphatic carbocycles. The maximum absolute atomic E-state index is 11.7. The predicted octanol–water partition coefficient (Wildman–Crippen LogP) is 2.45. The number of carbonyl (C=O) groups is 1. The number of aryl methyl sites for hydroxylation is 1. The van der Waals surface area contributed by atoms with Crippen LogP contribution in [0.2, 0.25) is 0 Å². The van der Waals surface area contributed by atoms with Crippen LogP contribution >= 0.6 is 11.5 Å². The minimum absolute atomic E-state index is 0.319. The molecule has 5 heteroatoms. The highest BCUT2D eigenvalue weighted by Gasteiger charge is 2.22. The number of carbonyl (C=O) groups excluding carboxylic acids is 1. The summed E-state index contributed by atoms with van der Waals surface area (Å²) in [5.41, 5.74) is 0.279. The third-order valence-corrected chi connectivity index (χ3v) is 2.37. The molecule has 0 atom stereocenters. The van der Waals surface area contributed by atoms with Crippen LogP contribution in [-0.2, 0) is 11.2 Å². The Kier molecular flexibility index (Phi) is 3.79. The lowest BCUT2D eigenvalue weighted by Crippen LogP contribution is -2.24. The lowest BCUT2D eigenvalue weighted by molar-refractivity contribution is 0.00738. The van der Waals surface area contributed by atoms with Gasteiger partial charge in [-0.2, -0.15) is 0 Å². The fraction of sp³-hybridized carbons (Fsp3) is 0.700. The van der Waals surface area contributed by atoms with E-state index in [0.29, 0.717) is 4.88 Å². The van der Waals surface area contributed by atoms with Crippen LogP contribution in [0.4, 0.5) is 0 Å². The highest BCUT2D eigenvalue weighted by atomic mass is 32.1. The van der Waals surface area contributed by atoms with Gasteiger partial charge in [0.1, 0.15) is 5.60 Å². The molecule has 0 bridgehead atoms. The van der Waals surface area contributed by atoms with Crippen LogP contribution in [0.15, 0.2) is 0 Å². The largest absolute Gasteiger partial charge is 0.456 e. The zero-order valence-electron chi connectivity index (χ0n) is 9.53. The molecule has 84 valence electrons. The van der Waals surface area contributed by atoms with E-state index in [1.165, 1.54) is 0 Å². The van der Waals surface area contributed by atoms with Crippen molar-refractivity contribution in [3.8, 4) is 0 Å². The Labute approximate surface area is 93.8 Å². The normalized spacial score (nSPS) is 11.5. The van der Waals surface area contributed by atoms with E-state index in [2.05, 4.69) is 9.59 Å². The molecule has 4 nitrogen and oxygen atoms in total. The zero-order valence-corrected chi connectivity index (χ0v) is 10.3. The van der Waals surface area contributed by atoms with Gasteiger partial charge in [-0.1, -0.05) is 17.8 Å². The summed E-state index contributed by atoms with van der Waals surface area (Å²) in [5.74, 6) is -0.319. The van der Waals surface area contributed by atoms with Gasteiger partial charge in [-0.15, -0.1) is 5.10 Å². The molecule has 0 amide bonds. The van der Waals surface area contributed by atoms with Gasteiger partial charge in [-0.3, -0.25) is 0 Å². The van der Waals surface area contributed by atoms with Crippen molar-refractivity contribution >= 4 is 17.5 Å². The first kappa shape index (κ1) is 12.1. The molecule has 0 spiro atoms. The van der Waals surface area contributed by atoms with Crippen LogP contribution < -0.4 is 0 Å². The van der Waals surface area contributed by atoms with E-state index in [-0.39, 0.29) is 5.97 Å². The average molecular weight is 228 g/mol. The highest BCUT2D eigenvalue weighted by Crippen LogP contribution is 2.17. The van der Waals surface area contributed by atoms with E-state index in [1.54, 1.807) is 0 Å². The lowest BCUT2D eigenvalue weighted by Gasteiger charge is -2.18. The number of aromatic nitrogens is 2. The highest BCUT2D eigenvalue weighted by molar-refractivity contribution is 7.07. The van der Waals surface area contributed by atoms with Crippen molar-refractivity contribution in [1.82, 2.24) is 9.59 Å². The van der Waals surface area contributed by atoms with Crippen molar-refractivity contribution in [3.05, 3.63) is 10.6 Å². The number of esters is 1. The van der Waals surface area contributed by atoms with E-state index >= 15 is 0 Å². The molecule has 0 radical (unpaired) electrons. The van der Waals surface area contributed by atoms with E-state index in [1.807, 2.05) is 27.7 Å². The third kappa shape index (κ3) is 3.58. The van der Waals surface area contributed by atoms with Crippen molar-refractivity contribution in [3.63, 3.8) is 0 Å². The molecule has 1 aromatic rings. The maximum Gasteiger partial charge on any atom is 0.352 e. The molecule has 1 rings (SSSR count). The molecule has 0 N–H and O–H groups in total. The van der Waals surface area contributed by atoms with Gasteiger partial charge >= 0.3 is 5.97 Å². The minimum atomic E-state index is -0.468. The monoisotopic (exact) mass is 228 g/mol. The van der Waals surface area contributed by atoms with E-state index in [4.69, 9.17) is 4.74 Å². The van der Waals surface area contributed by atoms with Crippen LogP contribution in [-0.4, -0.2) is 21.2 Å². The summed E-state index contributed by atoms with van der Waals surface area (Å²) < 4.78 is 9.04. The first-order valence-corrected chi connectivity index (χ1v) is 5.76. The maximum atomic E-state index is 11.7. The summed E-state index contributed by atoms with van der Waals surface area (Å²) in [6.07, 6.45) is 1.71. The zero-order chi connectivity index (χ0) is 11.5. The second-order valence-electron chi connectivity index (χ2n) is 4.30. The molecule has 0 fully saturated rings. The second kappa shape index (κ2) is 4.70. The summed E-state index contributed by atoms with van der Waals surface area (Å²) in [7, 11) is 0. The Bertz CT molecular complexity index is 341. The molecule has 0 saturated heterocycles. The SMILES string of the molecule is CCCc1nnsc1C(=O)OC(C)(C)C. The number of hydrogen-bond donors (Lipinski definition) is 0. The number of ether oxygens (including phenoxy) is 1. The van der Waals surface area contributed by atoms with Gasteiger partial charge in [0.2, 0.25) is 0 Å². The fourth-order valence-electron chi connectivity index (χ4n) is 1.09. The van der Waals surface area contributed by atoms with Crippen LogP contribution in [0, 0.1) is 0 Å². The third-order valence-electron chi connectivity index (χ3n) is 1.63. The van der Waals surface area contributed by atoms with Gasteiger partial charge in [-0.05, 0) is 38.7 Å². The number of nitrogens with zero attached hydrogens (tertiary/aromatic N) is 2. The molecule has 1 aromatic heterocycles. The van der Waals surface area contributed by atoms with Crippen molar-refractivity contribution in [2.45, 2.75) is 46.1 Å². The van der Waals surface area contributed by atoms with Gasteiger partial charge in [-0.25, -0.2) is 4.79 Å². The predicted molar refractivity (Wildman–Crippen MR) is 59.1 cm³/mol. The summed E-state index contributed by atoms with van der Waals surface area (Å²) in [6.45, 7) is 7.58. The van der Waals surface area contributed by atoms with Gasteiger partial charge in [0, 0.05) is 0 Å². The van der Waals surface area contributed by atoms with Crippen LogP contribution in [0.3, 0.4) is 0 Å². The first-order chi connectivity index (χ1) is 6.94. The van der Waals surface area contributed by atoms with E-state index < -0.39 is 5.60 Å². The molecular weight excluding hydrogens is 212 g/mol. The molecule has 15 heavy (non-hydrogen) atoms. The van der Waals surface area contributed by atoms with Gasteiger partial charge in [0.25, 0.3) is 0 Å². The molecule has 0 aliphatic rings. The minimum Gasteiger partial charge on any atom is -0.456 e. The molecule has 0 unspecified atom stereocenters. The van der Waals surface area contributed by atoms with Crippen LogP contribution in [0.5, 0.6) is 0 Å². The summed E-state index contributed by atoms with van der Waals surface area (Å²) in [6, 6.07) is 0. The molecule has 0 aromatic carbocycles. The Hall–Kier alpha value is -0.970. The van der Waals surface area contributed by atoms with Crippen LogP contribution in [0.1, 0.15) is 49.5 Å². The smallest absolute Gasteiger partial charge is 0.352 e. The standard InChI is InChI=1S/C10H16N2O2S/c1-5-6-7-8(15-12-11-7)9(13)14-10(2,3)4/h5-6H2,1-4H3. The van der Waals surface area contributed by atoms with Crippen molar-refractivity contribution in [2.75, 3.05) is 0 Å². The van der Waals surface area contributed by atoms with Crippen LogP contribution in [0.25, 0.3) is 0 Å². The first-order valence-electron chi connectivity index (χ1n) is 4.98. The van der Waals surface area contributed by atoms with E-state index in [0.717, 1.165) is 30.1 Å². The molecule has 0 saturated carbocycles. The lowest BCUT2D eigenvalue weighted by atomic mass is 10.2. The molecular formula is C10H16N2O2S. The number of hydrogen-bond acceptors (Lipinski definition) is 5. The quantitative estimate of drug-likeness (QED) is 0.746. The van der Waals surface area contributed by atoms with Gasteiger partial charge < -0.3 is 4.74 Å². The summed E-state index contributed by atoms with van der Waals surface area (Å²) >= 11 is 1.10.